The van der Waals surface area contributed by atoms with E-state index < -0.39 is 0 Å². The van der Waals surface area contributed by atoms with E-state index in [-0.39, 0.29) is 5.91 Å². The number of hydrogen-bond acceptors (Lipinski definition) is 7. The van der Waals surface area contributed by atoms with E-state index in [9.17, 15) is 4.79 Å². The third-order valence-electron chi connectivity index (χ3n) is 5.51. The highest BCUT2D eigenvalue weighted by Gasteiger charge is 2.25. The Kier molecular flexibility index (Phi) is 5.29. The van der Waals surface area contributed by atoms with E-state index in [0.717, 1.165) is 22.8 Å². The molecule has 162 valence electrons. The van der Waals surface area contributed by atoms with E-state index in [1.807, 2.05) is 41.3 Å². The molecule has 1 N–H and O–H groups in total. The first-order valence-corrected chi connectivity index (χ1v) is 10.3. The average Bonchev–Trinajstić information content (AvgIpc) is 3.56. The summed E-state index contributed by atoms with van der Waals surface area (Å²) in [6.07, 6.45) is 3.16. The van der Waals surface area contributed by atoms with Gasteiger partial charge in [-0.1, -0.05) is 0 Å². The summed E-state index contributed by atoms with van der Waals surface area (Å²) in [4.78, 5) is 25.7. The van der Waals surface area contributed by atoms with Crippen LogP contribution in [0.3, 0.4) is 0 Å². The molecule has 0 radical (unpaired) electrons. The largest absolute Gasteiger partial charge is 0.497 e. The molecule has 4 aromatic rings. The Morgan fingerprint density at radius 1 is 1.06 bits per heavy atom. The van der Waals surface area contributed by atoms with Gasteiger partial charge in [0.2, 0.25) is 0 Å². The number of ether oxygens (including phenoxy) is 1. The van der Waals surface area contributed by atoms with Gasteiger partial charge in [0.15, 0.2) is 11.5 Å². The van der Waals surface area contributed by atoms with Gasteiger partial charge >= 0.3 is 0 Å². The predicted molar refractivity (Wildman–Crippen MR) is 118 cm³/mol. The minimum absolute atomic E-state index is 0.0969. The highest BCUT2D eigenvalue weighted by molar-refractivity contribution is 5.93. The molecular formula is C23H22N6O3. The Bertz CT molecular complexity index is 1190. The van der Waals surface area contributed by atoms with Crippen LogP contribution in [0.5, 0.6) is 5.75 Å². The maximum Gasteiger partial charge on any atom is 0.274 e. The number of amides is 1. The van der Waals surface area contributed by atoms with Crippen LogP contribution in [0.25, 0.3) is 22.7 Å². The summed E-state index contributed by atoms with van der Waals surface area (Å²) in [5.74, 6) is 2.20. The molecule has 9 heteroatoms. The van der Waals surface area contributed by atoms with E-state index in [1.165, 1.54) is 0 Å². The van der Waals surface area contributed by atoms with Crippen LogP contribution in [0.4, 0.5) is 5.82 Å². The molecule has 0 saturated carbocycles. The van der Waals surface area contributed by atoms with Crippen molar-refractivity contribution in [1.29, 1.82) is 0 Å². The van der Waals surface area contributed by atoms with Gasteiger partial charge in [-0.05, 0) is 36.4 Å². The number of anilines is 1. The van der Waals surface area contributed by atoms with Gasteiger partial charge in [-0.15, -0.1) is 0 Å². The summed E-state index contributed by atoms with van der Waals surface area (Å²) in [6, 6.07) is 15.1. The molecule has 0 spiro atoms. The lowest BCUT2D eigenvalue weighted by Crippen LogP contribution is -2.49. The van der Waals surface area contributed by atoms with E-state index in [1.54, 1.807) is 31.8 Å². The third kappa shape index (κ3) is 3.92. The molecule has 0 unspecified atom stereocenters. The number of aromatic nitrogens is 4. The van der Waals surface area contributed by atoms with Crippen LogP contribution in [-0.2, 0) is 0 Å². The minimum atomic E-state index is -0.0969. The number of furan rings is 1. The topological polar surface area (TPSA) is 100 Å². The summed E-state index contributed by atoms with van der Waals surface area (Å²) in [7, 11) is 1.65. The van der Waals surface area contributed by atoms with Gasteiger partial charge in [-0.2, -0.15) is 5.10 Å². The Morgan fingerprint density at radius 3 is 2.59 bits per heavy atom. The lowest BCUT2D eigenvalue weighted by molar-refractivity contribution is 0.0740. The molecule has 0 bridgehead atoms. The molecule has 5 rings (SSSR count). The lowest BCUT2D eigenvalue weighted by Gasteiger charge is -2.35. The highest BCUT2D eigenvalue weighted by atomic mass is 16.5. The first-order valence-electron chi connectivity index (χ1n) is 10.3. The standard InChI is InChI=1S/C23H22N6O3/c1-31-17-6-4-16(5-7-17)18-14-22(25-15-24-18)28-8-10-29(11-9-28)23(30)20-13-19(26-27-20)21-3-2-12-32-21/h2-7,12-15H,8-11H2,1H3,(H,26,27). The molecule has 1 fully saturated rings. The van der Waals surface area contributed by atoms with Crippen molar-refractivity contribution in [2.75, 3.05) is 38.2 Å². The van der Waals surface area contributed by atoms with Gasteiger partial charge in [0, 0.05) is 43.9 Å². The summed E-state index contributed by atoms with van der Waals surface area (Å²) in [6.45, 7) is 2.54. The molecule has 32 heavy (non-hydrogen) atoms. The first kappa shape index (κ1) is 19.8. The zero-order valence-corrected chi connectivity index (χ0v) is 17.6. The fraction of sp³-hybridized carbons (Fsp3) is 0.217. The quantitative estimate of drug-likeness (QED) is 0.519. The highest BCUT2D eigenvalue weighted by Crippen LogP contribution is 2.24. The number of rotatable bonds is 5. The van der Waals surface area contributed by atoms with Crippen LogP contribution in [0.15, 0.2) is 65.5 Å². The summed E-state index contributed by atoms with van der Waals surface area (Å²) >= 11 is 0. The molecular weight excluding hydrogens is 408 g/mol. The van der Waals surface area contributed by atoms with E-state index >= 15 is 0 Å². The summed E-state index contributed by atoms with van der Waals surface area (Å²) < 4.78 is 10.6. The van der Waals surface area contributed by atoms with Crippen LogP contribution in [0, 0.1) is 0 Å². The Labute approximate surface area is 184 Å². The van der Waals surface area contributed by atoms with Crippen molar-refractivity contribution in [3.05, 3.63) is 66.8 Å². The molecule has 0 aliphatic carbocycles. The number of nitrogens with one attached hydrogen (secondary N) is 1. The van der Waals surface area contributed by atoms with Crippen LogP contribution >= 0.6 is 0 Å². The average molecular weight is 430 g/mol. The van der Waals surface area contributed by atoms with E-state index in [4.69, 9.17) is 9.15 Å². The second-order valence-corrected chi connectivity index (χ2v) is 7.41. The van der Waals surface area contributed by atoms with Crippen molar-refractivity contribution in [1.82, 2.24) is 25.1 Å². The molecule has 1 aromatic carbocycles. The van der Waals surface area contributed by atoms with Gasteiger partial charge in [-0.3, -0.25) is 9.89 Å². The number of carbonyl (C=O) groups is 1. The maximum atomic E-state index is 12.9. The first-order chi connectivity index (χ1) is 15.7. The number of piperazine rings is 1. The third-order valence-corrected chi connectivity index (χ3v) is 5.51. The minimum Gasteiger partial charge on any atom is -0.497 e. The zero-order valence-electron chi connectivity index (χ0n) is 17.6. The van der Waals surface area contributed by atoms with Gasteiger partial charge in [-0.25, -0.2) is 9.97 Å². The second-order valence-electron chi connectivity index (χ2n) is 7.41. The fourth-order valence-electron chi connectivity index (χ4n) is 3.73. The summed E-state index contributed by atoms with van der Waals surface area (Å²) in [5, 5.41) is 7.03. The van der Waals surface area contributed by atoms with E-state index in [0.29, 0.717) is 43.3 Å². The van der Waals surface area contributed by atoms with Crippen molar-refractivity contribution in [3.8, 4) is 28.5 Å². The van der Waals surface area contributed by atoms with E-state index in [2.05, 4.69) is 25.1 Å². The van der Waals surface area contributed by atoms with Crippen LogP contribution < -0.4 is 9.64 Å². The van der Waals surface area contributed by atoms with Crippen molar-refractivity contribution < 1.29 is 13.9 Å². The summed E-state index contributed by atoms with van der Waals surface area (Å²) in [5.41, 5.74) is 2.91. The lowest BCUT2D eigenvalue weighted by atomic mass is 10.1. The van der Waals surface area contributed by atoms with Crippen LogP contribution in [0.1, 0.15) is 10.5 Å². The molecule has 4 heterocycles. The van der Waals surface area contributed by atoms with Gasteiger partial charge in [0.1, 0.15) is 23.6 Å². The zero-order chi connectivity index (χ0) is 21.9. The number of carbonyl (C=O) groups excluding carboxylic acids is 1. The number of nitrogens with zero attached hydrogens (tertiary/aromatic N) is 5. The van der Waals surface area contributed by atoms with Crippen LogP contribution in [-0.4, -0.2) is 64.3 Å². The smallest absolute Gasteiger partial charge is 0.274 e. The molecule has 0 atom stereocenters. The fourth-order valence-corrected chi connectivity index (χ4v) is 3.73. The number of benzene rings is 1. The predicted octanol–water partition coefficient (Wildman–Crippen LogP) is 3.10. The Morgan fingerprint density at radius 2 is 1.88 bits per heavy atom. The molecule has 9 nitrogen and oxygen atoms in total. The van der Waals surface area contributed by atoms with Crippen LogP contribution in [0.2, 0.25) is 0 Å². The number of hydrogen-bond donors (Lipinski definition) is 1. The number of methoxy groups -OCH3 is 1. The van der Waals surface area contributed by atoms with Crippen molar-refractivity contribution in [2.45, 2.75) is 0 Å². The SMILES string of the molecule is COc1ccc(-c2cc(N3CCN(C(=O)c4cc(-c5ccco5)[nH]n4)CC3)ncn2)cc1. The van der Waals surface area contributed by atoms with Crippen molar-refractivity contribution in [3.63, 3.8) is 0 Å². The normalized spacial score (nSPS) is 13.9. The van der Waals surface area contributed by atoms with Gasteiger partial charge in [0.05, 0.1) is 19.1 Å². The maximum absolute atomic E-state index is 12.9. The molecule has 1 aliphatic heterocycles. The molecule has 1 amide bonds. The van der Waals surface area contributed by atoms with Gasteiger partial charge < -0.3 is 19.0 Å². The Hall–Kier alpha value is -4.14. The molecule has 1 aliphatic rings. The van der Waals surface area contributed by atoms with Crippen molar-refractivity contribution in [2.24, 2.45) is 0 Å². The van der Waals surface area contributed by atoms with Crippen molar-refractivity contribution >= 4 is 11.7 Å². The monoisotopic (exact) mass is 430 g/mol. The molecule has 3 aromatic heterocycles. The van der Waals surface area contributed by atoms with Gasteiger partial charge in [0.25, 0.3) is 5.91 Å². The number of aromatic amines is 1. The number of H-pyrrole nitrogens is 1. The Balaban J connectivity index is 1.24. The second kappa shape index (κ2) is 8.54. The molecule has 1 saturated heterocycles.